The van der Waals surface area contributed by atoms with Gasteiger partial charge in [-0.2, -0.15) is 5.26 Å². The van der Waals surface area contributed by atoms with Gasteiger partial charge in [-0.25, -0.2) is 4.98 Å². The molecule has 29 heavy (non-hydrogen) atoms. The number of thioether (sulfide) groups is 1. The number of nitrogens with zero attached hydrogens (tertiary/aromatic N) is 3. The van der Waals surface area contributed by atoms with Gasteiger partial charge in [0.2, 0.25) is 5.91 Å². The Morgan fingerprint density at radius 1 is 1.34 bits per heavy atom. The van der Waals surface area contributed by atoms with Crippen molar-refractivity contribution in [2.45, 2.75) is 43.0 Å². The van der Waals surface area contributed by atoms with Crippen molar-refractivity contribution >= 4 is 44.9 Å². The van der Waals surface area contributed by atoms with E-state index in [-0.39, 0.29) is 11.5 Å². The lowest BCUT2D eigenvalue weighted by Gasteiger charge is -2.14. The SMILES string of the molecule is CC(Sc1nc2sc3c(c2c(=O)n1C)CCCC3)C(=O)Nc1ccccc1C#N. The van der Waals surface area contributed by atoms with E-state index >= 15 is 0 Å². The molecular formula is C21H20N4O2S2. The van der Waals surface area contributed by atoms with Crippen molar-refractivity contribution in [1.29, 1.82) is 5.26 Å². The molecule has 1 unspecified atom stereocenters. The number of rotatable bonds is 4. The molecule has 1 aromatic carbocycles. The van der Waals surface area contributed by atoms with Crippen LogP contribution >= 0.6 is 23.1 Å². The highest BCUT2D eigenvalue weighted by Crippen LogP contribution is 2.35. The first-order valence-electron chi connectivity index (χ1n) is 9.47. The Labute approximate surface area is 176 Å². The summed E-state index contributed by atoms with van der Waals surface area (Å²) in [5, 5.41) is 12.8. The topological polar surface area (TPSA) is 87.8 Å². The Balaban J connectivity index is 1.60. The molecule has 1 aliphatic carbocycles. The predicted molar refractivity (Wildman–Crippen MR) is 117 cm³/mol. The van der Waals surface area contributed by atoms with Crippen LogP contribution in [0.15, 0.2) is 34.2 Å². The van der Waals surface area contributed by atoms with Crippen molar-refractivity contribution < 1.29 is 4.79 Å². The number of fused-ring (bicyclic) bond motifs is 3. The minimum absolute atomic E-state index is 0.0423. The largest absolute Gasteiger partial charge is 0.324 e. The number of thiophene rings is 1. The molecule has 1 N–H and O–H groups in total. The van der Waals surface area contributed by atoms with E-state index in [4.69, 9.17) is 4.98 Å². The molecule has 4 rings (SSSR count). The van der Waals surface area contributed by atoms with Gasteiger partial charge < -0.3 is 5.32 Å². The number of nitriles is 1. The third-order valence-corrected chi connectivity index (χ3v) is 7.44. The highest BCUT2D eigenvalue weighted by atomic mass is 32.2. The second-order valence-corrected chi connectivity index (χ2v) is 9.45. The molecule has 0 radical (unpaired) electrons. The first kappa shape index (κ1) is 19.7. The standard InChI is InChI=1S/C21H20N4O2S2/c1-12(18(26)23-15-9-5-3-7-13(15)11-22)28-21-24-19-17(20(27)25(21)2)14-8-4-6-10-16(14)29-19/h3,5,7,9,12H,4,6,8,10H2,1-2H3,(H,23,26). The summed E-state index contributed by atoms with van der Waals surface area (Å²) >= 11 is 2.85. The van der Waals surface area contributed by atoms with Crippen LogP contribution < -0.4 is 10.9 Å². The molecule has 148 valence electrons. The minimum atomic E-state index is -0.480. The highest BCUT2D eigenvalue weighted by Gasteiger charge is 2.23. The van der Waals surface area contributed by atoms with E-state index < -0.39 is 5.25 Å². The summed E-state index contributed by atoms with van der Waals surface area (Å²) in [6.07, 6.45) is 4.22. The van der Waals surface area contributed by atoms with Crippen LogP contribution in [0.1, 0.15) is 35.8 Å². The summed E-state index contributed by atoms with van der Waals surface area (Å²) < 4.78 is 1.54. The molecule has 8 heteroatoms. The Hall–Kier alpha value is -2.63. The molecule has 0 saturated heterocycles. The lowest BCUT2D eigenvalue weighted by atomic mass is 9.97. The Morgan fingerprint density at radius 2 is 2.10 bits per heavy atom. The van der Waals surface area contributed by atoms with Crippen molar-refractivity contribution in [2.24, 2.45) is 7.05 Å². The molecule has 0 saturated carbocycles. The molecule has 2 aromatic heterocycles. The van der Waals surface area contributed by atoms with Gasteiger partial charge >= 0.3 is 0 Å². The number of nitrogens with one attached hydrogen (secondary N) is 1. The zero-order valence-electron chi connectivity index (χ0n) is 16.2. The zero-order valence-corrected chi connectivity index (χ0v) is 17.8. The second-order valence-electron chi connectivity index (χ2n) is 7.06. The molecule has 0 fully saturated rings. The Bertz CT molecular complexity index is 1210. The smallest absolute Gasteiger partial charge is 0.262 e. The highest BCUT2D eigenvalue weighted by molar-refractivity contribution is 8.00. The Morgan fingerprint density at radius 3 is 2.90 bits per heavy atom. The average Bonchev–Trinajstić information content (AvgIpc) is 3.10. The van der Waals surface area contributed by atoms with Gasteiger partial charge in [0.25, 0.3) is 5.56 Å². The van der Waals surface area contributed by atoms with Crippen molar-refractivity contribution in [3.63, 3.8) is 0 Å². The molecule has 3 aromatic rings. The molecule has 6 nitrogen and oxygen atoms in total. The molecule has 0 spiro atoms. The van der Waals surface area contributed by atoms with Gasteiger partial charge in [-0.15, -0.1) is 11.3 Å². The van der Waals surface area contributed by atoms with E-state index in [1.807, 2.05) is 0 Å². The van der Waals surface area contributed by atoms with Crippen LogP contribution in [-0.4, -0.2) is 20.7 Å². The number of benzene rings is 1. The van der Waals surface area contributed by atoms with Crippen molar-refractivity contribution in [3.8, 4) is 6.07 Å². The molecule has 2 heterocycles. The van der Waals surface area contributed by atoms with Gasteiger partial charge in [0, 0.05) is 11.9 Å². The number of hydrogen-bond donors (Lipinski definition) is 1. The summed E-state index contributed by atoms with van der Waals surface area (Å²) in [5.41, 5.74) is 2.02. The molecule has 0 aliphatic heterocycles. The summed E-state index contributed by atoms with van der Waals surface area (Å²) in [6, 6.07) is 8.95. The maximum absolute atomic E-state index is 13.0. The summed E-state index contributed by atoms with van der Waals surface area (Å²) in [6.45, 7) is 1.77. The second kappa shape index (κ2) is 8.01. The number of anilines is 1. The van der Waals surface area contributed by atoms with Crippen molar-refractivity contribution in [3.05, 3.63) is 50.6 Å². The van der Waals surface area contributed by atoms with Gasteiger partial charge in [-0.1, -0.05) is 23.9 Å². The van der Waals surface area contributed by atoms with Gasteiger partial charge in [-0.05, 0) is 50.3 Å². The number of aromatic nitrogens is 2. The maximum Gasteiger partial charge on any atom is 0.262 e. The molecule has 1 amide bonds. The minimum Gasteiger partial charge on any atom is -0.324 e. The van der Waals surface area contributed by atoms with Crippen LogP contribution in [0.5, 0.6) is 0 Å². The number of hydrogen-bond acceptors (Lipinski definition) is 6. The number of carbonyl (C=O) groups is 1. The molecule has 1 aliphatic rings. The van der Waals surface area contributed by atoms with Crippen LogP contribution in [0.2, 0.25) is 0 Å². The fourth-order valence-corrected chi connectivity index (χ4v) is 5.69. The molecular weight excluding hydrogens is 404 g/mol. The molecule has 0 bridgehead atoms. The third-order valence-electron chi connectivity index (χ3n) is 5.11. The van der Waals surface area contributed by atoms with Gasteiger partial charge in [0.15, 0.2) is 5.16 Å². The van der Waals surface area contributed by atoms with Crippen LogP contribution in [0.3, 0.4) is 0 Å². The quantitative estimate of drug-likeness (QED) is 0.507. The predicted octanol–water partition coefficient (Wildman–Crippen LogP) is 3.86. The van der Waals surface area contributed by atoms with Gasteiger partial charge in [0.05, 0.1) is 21.9 Å². The van der Waals surface area contributed by atoms with E-state index in [1.54, 1.807) is 54.1 Å². The number of amides is 1. The van der Waals surface area contributed by atoms with E-state index in [0.717, 1.165) is 35.9 Å². The van der Waals surface area contributed by atoms with Crippen molar-refractivity contribution in [2.75, 3.05) is 5.32 Å². The van der Waals surface area contributed by atoms with Crippen LogP contribution in [0.4, 0.5) is 5.69 Å². The van der Waals surface area contributed by atoms with Crippen LogP contribution in [-0.2, 0) is 24.7 Å². The van der Waals surface area contributed by atoms with E-state index in [2.05, 4.69) is 11.4 Å². The van der Waals surface area contributed by atoms with E-state index in [0.29, 0.717) is 16.4 Å². The van der Waals surface area contributed by atoms with Crippen LogP contribution in [0.25, 0.3) is 10.2 Å². The fraction of sp³-hybridized carbons (Fsp3) is 0.333. The summed E-state index contributed by atoms with van der Waals surface area (Å²) in [4.78, 5) is 32.4. The maximum atomic E-state index is 13.0. The molecule has 1 atom stereocenters. The van der Waals surface area contributed by atoms with E-state index in [9.17, 15) is 14.9 Å². The van der Waals surface area contributed by atoms with Crippen molar-refractivity contribution in [1.82, 2.24) is 9.55 Å². The number of carbonyl (C=O) groups excluding carboxylic acids is 1. The van der Waals surface area contributed by atoms with Crippen LogP contribution in [0, 0.1) is 11.3 Å². The monoisotopic (exact) mass is 424 g/mol. The third kappa shape index (κ3) is 3.68. The first-order chi connectivity index (χ1) is 14.0. The van der Waals surface area contributed by atoms with E-state index in [1.165, 1.54) is 22.2 Å². The zero-order chi connectivity index (χ0) is 20.5. The lowest BCUT2D eigenvalue weighted by Crippen LogP contribution is -2.26. The normalized spacial score (nSPS) is 14.2. The number of para-hydroxylation sites is 1. The summed E-state index contributed by atoms with van der Waals surface area (Å²) in [5.74, 6) is -0.238. The lowest BCUT2D eigenvalue weighted by molar-refractivity contribution is -0.115. The van der Waals surface area contributed by atoms with Gasteiger partial charge in [0.1, 0.15) is 10.9 Å². The average molecular weight is 425 g/mol. The fourth-order valence-electron chi connectivity index (χ4n) is 3.51. The van der Waals surface area contributed by atoms with Gasteiger partial charge in [-0.3, -0.25) is 14.2 Å². The summed E-state index contributed by atoms with van der Waals surface area (Å²) in [7, 11) is 1.71. The Kier molecular flexibility index (Phi) is 5.43. The first-order valence-corrected chi connectivity index (χ1v) is 11.2. The number of aryl methyl sites for hydroxylation is 2.